The Morgan fingerprint density at radius 1 is 1.16 bits per heavy atom. The number of fused-ring (bicyclic) bond motifs is 2. The summed E-state index contributed by atoms with van der Waals surface area (Å²) in [5, 5.41) is 11.1. The summed E-state index contributed by atoms with van der Waals surface area (Å²) in [4.78, 5) is 23.1. The number of amides is 1. The molecule has 1 atom stereocenters. The molecule has 0 aliphatic carbocycles. The lowest BCUT2D eigenvalue weighted by Crippen LogP contribution is -2.33. The first-order valence-electron chi connectivity index (χ1n) is 10.3. The molecule has 162 valence electrons. The first-order valence-corrected chi connectivity index (χ1v) is 10.3. The standard InChI is InChI=1S/C24H22FN5O2/c1-13-27-22(26)19-17(12-29(2)23(19)28-13)15-8-9-18-16(20(15)25)10-11-30(18)24(32)21(31)14-6-4-3-5-7-14/h3-9,12,21,31H,10-11H2,1-2H3,(H2,26,27,28). The second kappa shape index (κ2) is 7.42. The lowest BCUT2D eigenvalue weighted by atomic mass is 10.0. The van der Waals surface area contributed by atoms with Crippen molar-refractivity contribution in [2.75, 3.05) is 17.2 Å². The predicted molar refractivity (Wildman–Crippen MR) is 121 cm³/mol. The fourth-order valence-corrected chi connectivity index (χ4v) is 4.42. The van der Waals surface area contributed by atoms with Gasteiger partial charge in [0.05, 0.1) is 5.39 Å². The van der Waals surface area contributed by atoms with Crippen LogP contribution in [-0.2, 0) is 18.3 Å². The summed E-state index contributed by atoms with van der Waals surface area (Å²) in [6.07, 6.45) is 0.845. The van der Waals surface area contributed by atoms with E-state index in [0.717, 1.165) is 0 Å². The minimum atomic E-state index is -1.30. The van der Waals surface area contributed by atoms with Crippen molar-refractivity contribution >= 4 is 28.4 Å². The van der Waals surface area contributed by atoms with Crippen LogP contribution < -0.4 is 10.6 Å². The van der Waals surface area contributed by atoms with Gasteiger partial charge in [-0.3, -0.25) is 4.79 Å². The number of aliphatic hydroxyl groups is 1. The highest BCUT2D eigenvalue weighted by atomic mass is 19.1. The number of aliphatic hydroxyl groups excluding tert-OH is 1. The van der Waals surface area contributed by atoms with E-state index in [4.69, 9.17) is 5.73 Å². The van der Waals surface area contributed by atoms with Crippen molar-refractivity contribution in [3.8, 4) is 11.1 Å². The number of nitrogen functional groups attached to an aromatic ring is 1. The van der Waals surface area contributed by atoms with E-state index >= 15 is 4.39 Å². The lowest BCUT2D eigenvalue weighted by Gasteiger charge is -2.21. The average molecular weight is 431 g/mol. The zero-order valence-corrected chi connectivity index (χ0v) is 17.7. The van der Waals surface area contributed by atoms with Gasteiger partial charge in [0.1, 0.15) is 23.1 Å². The Hall–Kier alpha value is -3.78. The van der Waals surface area contributed by atoms with E-state index in [1.165, 1.54) is 4.90 Å². The van der Waals surface area contributed by atoms with Crippen molar-refractivity contribution in [3.63, 3.8) is 0 Å². The summed E-state index contributed by atoms with van der Waals surface area (Å²) < 4.78 is 17.5. The Balaban J connectivity index is 1.56. The van der Waals surface area contributed by atoms with Crippen LogP contribution >= 0.6 is 0 Å². The first kappa shape index (κ1) is 20.1. The summed E-state index contributed by atoms with van der Waals surface area (Å²) in [6, 6.07) is 12.1. The number of anilines is 2. The smallest absolute Gasteiger partial charge is 0.260 e. The van der Waals surface area contributed by atoms with E-state index in [9.17, 15) is 9.90 Å². The molecule has 3 N–H and O–H groups in total. The summed E-state index contributed by atoms with van der Waals surface area (Å²) in [6.45, 7) is 2.06. The minimum absolute atomic E-state index is 0.297. The highest BCUT2D eigenvalue weighted by molar-refractivity contribution is 6.02. The molecule has 8 heteroatoms. The zero-order chi connectivity index (χ0) is 22.6. The largest absolute Gasteiger partial charge is 0.383 e. The van der Waals surface area contributed by atoms with Crippen LogP contribution in [0.5, 0.6) is 0 Å². The predicted octanol–water partition coefficient (Wildman–Crippen LogP) is 3.29. The van der Waals surface area contributed by atoms with Gasteiger partial charge in [-0.1, -0.05) is 30.3 Å². The summed E-state index contributed by atoms with van der Waals surface area (Å²) in [7, 11) is 1.83. The second-order valence-electron chi connectivity index (χ2n) is 7.99. The van der Waals surface area contributed by atoms with Gasteiger partial charge in [0.15, 0.2) is 6.10 Å². The van der Waals surface area contributed by atoms with Gasteiger partial charge in [-0.2, -0.15) is 0 Å². The van der Waals surface area contributed by atoms with Gasteiger partial charge < -0.3 is 20.3 Å². The van der Waals surface area contributed by atoms with Gasteiger partial charge in [-0.15, -0.1) is 0 Å². The molecular weight excluding hydrogens is 409 g/mol. The number of benzene rings is 2. The number of halogens is 1. The van der Waals surface area contributed by atoms with Crippen molar-refractivity contribution in [2.45, 2.75) is 19.4 Å². The van der Waals surface area contributed by atoms with E-state index in [2.05, 4.69) is 9.97 Å². The van der Waals surface area contributed by atoms with Gasteiger partial charge in [0.25, 0.3) is 5.91 Å². The Morgan fingerprint density at radius 3 is 2.66 bits per heavy atom. The third kappa shape index (κ3) is 3.03. The van der Waals surface area contributed by atoms with Crippen LogP contribution in [-0.4, -0.2) is 32.1 Å². The fraction of sp³-hybridized carbons (Fsp3) is 0.208. The van der Waals surface area contributed by atoms with Crippen LogP contribution in [0.25, 0.3) is 22.2 Å². The number of aromatic nitrogens is 3. The molecule has 4 aromatic rings. The van der Waals surface area contributed by atoms with Crippen LogP contribution in [0.3, 0.4) is 0 Å². The molecule has 7 nitrogen and oxygen atoms in total. The minimum Gasteiger partial charge on any atom is -0.383 e. The highest BCUT2D eigenvalue weighted by Gasteiger charge is 2.33. The molecule has 0 saturated heterocycles. The summed E-state index contributed by atoms with van der Waals surface area (Å²) in [5.41, 5.74) is 9.20. The average Bonchev–Trinajstić information content (AvgIpc) is 3.36. The molecule has 5 rings (SSSR count). The Bertz CT molecular complexity index is 1370. The van der Waals surface area contributed by atoms with Crippen molar-refractivity contribution in [1.82, 2.24) is 14.5 Å². The van der Waals surface area contributed by atoms with E-state index in [-0.39, 0.29) is 0 Å². The molecule has 0 saturated carbocycles. The Kier molecular flexibility index (Phi) is 4.67. The fourth-order valence-electron chi connectivity index (χ4n) is 4.42. The van der Waals surface area contributed by atoms with Crippen LogP contribution in [0.1, 0.15) is 23.1 Å². The quantitative estimate of drug-likeness (QED) is 0.519. The highest BCUT2D eigenvalue weighted by Crippen LogP contribution is 2.40. The van der Waals surface area contributed by atoms with Gasteiger partial charge in [0, 0.05) is 42.2 Å². The van der Waals surface area contributed by atoms with Crippen molar-refractivity contribution in [2.24, 2.45) is 7.05 Å². The normalized spacial score (nSPS) is 14.1. The van der Waals surface area contributed by atoms with E-state index in [1.807, 2.05) is 13.1 Å². The summed E-state index contributed by atoms with van der Waals surface area (Å²) in [5.74, 6) is -0.0334. The molecule has 1 aliphatic rings. The van der Waals surface area contributed by atoms with Crippen molar-refractivity contribution < 1.29 is 14.3 Å². The Labute approximate surface area is 183 Å². The van der Waals surface area contributed by atoms with E-state index in [1.54, 1.807) is 54.1 Å². The Morgan fingerprint density at radius 2 is 1.91 bits per heavy atom. The first-order chi connectivity index (χ1) is 15.4. The number of rotatable bonds is 3. The SMILES string of the molecule is Cc1nc(N)c2c(-c3ccc4c(c3F)CCN4C(=O)C(O)c3ccccc3)cn(C)c2n1. The van der Waals surface area contributed by atoms with Crippen molar-refractivity contribution in [3.05, 3.63) is 71.4 Å². The van der Waals surface area contributed by atoms with Crippen LogP contribution in [0.4, 0.5) is 15.9 Å². The second-order valence-corrected chi connectivity index (χ2v) is 7.99. The number of hydrogen-bond acceptors (Lipinski definition) is 5. The van der Waals surface area contributed by atoms with Crippen LogP contribution in [0, 0.1) is 12.7 Å². The van der Waals surface area contributed by atoms with Gasteiger partial charge in [-0.25, -0.2) is 14.4 Å². The van der Waals surface area contributed by atoms with Crippen LogP contribution in [0.15, 0.2) is 48.7 Å². The number of aryl methyl sites for hydroxylation is 2. The maximum absolute atomic E-state index is 15.7. The number of carbonyl (C=O) groups excluding carboxylic acids is 1. The van der Waals surface area contributed by atoms with Gasteiger partial charge in [-0.05, 0) is 31.0 Å². The lowest BCUT2D eigenvalue weighted by molar-refractivity contribution is -0.126. The molecule has 1 amide bonds. The summed E-state index contributed by atoms with van der Waals surface area (Å²) >= 11 is 0. The molecule has 1 unspecified atom stereocenters. The molecule has 0 bridgehead atoms. The van der Waals surface area contributed by atoms with Gasteiger partial charge >= 0.3 is 0 Å². The number of nitrogens with two attached hydrogens (primary N) is 1. The van der Waals surface area contributed by atoms with E-state index in [0.29, 0.717) is 63.6 Å². The molecule has 0 fully saturated rings. The van der Waals surface area contributed by atoms with Crippen LogP contribution in [0.2, 0.25) is 0 Å². The monoisotopic (exact) mass is 431 g/mol. The van der Waals surface area contributed by atoms with E-state index < -0.39 is 17.8 Å². The third-order valence-electron chi connectivity index (χ3n) is 5.96. The number of nitrogens with zero attached hydrogens (tertiary/aromatic N) is 4. The maximum Gasteiger partial charge on any atom is 0.260 e. The molecule has 0 spiro atoms. The molecule has 32 heavy (non-hydrogen) atoms. The zero-order valence-electron chi connectivity index (χ0n) is 17.7. The van der Waals surface area contributed by atoms with Gasteiger partial charge in [0.2, 0.25) is 0 Å². The molecular formula is C24H22FN5O2. The maximum atomic E-state index is 15.7. The number of hydrogen-bond donors (Lipinski definition) is 2. The molecule has 2 aromatic carbocycles. The number of carbonyl (C=O) groups is 1. The topological polar surface area (TPSA) is 97.3 Å². The molecule has 0 radical (unpaired) electrons. The third-order valence-corrected chi connectivity index (χ3v) is 5.96. The molecule has 2 aromatic heterocycles. The van der Waals surface area contributed by atoms with Crippen molar-refractivity contribution in [1.29, 1.82) is 0 Å². The molecule has 3 heterocycles. The molecule has 1 aliphatic heterocycles.